The quantitative estimate of drug-likeness (QED) is 0.375. The van der Waals surface area contributed by atoms with Gasteiger partial charge in [-0.2, -0.15) is 0 Å². The topological polar surface area (TPSA) is 77.2 Å². The highest BCUT2D eigenvalue weighted by Gasteiger charge is 2.36. The van der Waals surface area contributed by atoms with Crippen LogP contribution in [0.5, 0.6) is 0 Å². The standard InChI is InChI=1S/C13H29N5O/c1-13(2,12(19)18-17-6)10(8-14-3)7-11(16-5)9-15-4/h9-10,14-17H,7-8H2,1-6H3,(H,18,19)/b11-9+. The van der Waals surface area contributed by atoms with E-state index in [-0.39, 0.29) is 11.8 Å². The molecule has 0 saturated heterocycles. The summed E-state index contributed by atoms with van der Waals surface area (Å²) in [6, 6.07) is 0. The van der Waals surface area contributed by atoms with Crippen LogP contribution in [0.25, 0.3) is 0 Å². The third-order valence-corrected chi connectivity index (χ3v) is 3.40. The molecule has 1 atom stereocenters. The number of hydrazine groups is 1. The lowest BCUT2D eigenvalue weighted by atomic mass is 9.75. The zero-order valence-electron chi connectivity index (χ0n) is 13.0. The molecule has 1 unspecified atom stereocenters. The van der Waals surface area contributed by atoms with Crippen LogP contribution in [0.2, 0.25) is 0 Å². The predicted octanol–water partition coefficient (Wildman–Crippen LogP) is -0.231. The summed E-state index contributed by atoms with van der Waals surface area (Å²) in [4.78, 5) is 12.2. The molecule has 0 bridgehead atoms. The Hall–Kier alpha value is -1.27. The number of nitrogens with one attached hydrogen (secondary N) is 5. The van der Waals surface area contributed by atoms with Gasteiger partial charge in [0.2, 0.25) is 5.91 Å². The fourth-order valence-electron chi connectivity index (χ4n) is 1.96. The van der Waals surface area contributed by atoms with Crippen LogP contribution in [0.4, 0.5) is 0 Å². The molecule has 0 heterocycles. The largest absolute Gasteiger partial charge is 0.393 e. The molecular formula is C13H29N5O. The van der Waals surface area contributed by atoms with Crippen LogP contribution in [0.15, 0.2) is 11.9 Å². The molecule has 112 valence electrons. The number of hydrogen-bond acceptors (Lipinski definition) is 5. The molecule has 0 aliphatic carbocycles. The van der Waals surface area contributed by atoms with Crippen molar-refractivity contribution in [1.29, 1.82) is 0 Å². The van der Waals surface area contributed by atoms with Crippen LogP contribution in [0.3, 0.4) is 0 Å². The van der Waals surface area contributed by atoms with Crippen molar-refractivity contribution < 1.29 is 4.79 Å². The minimum atomic E-state index is -0.476. The molecule has 0 aromatic carbocycles. The molecule has 1 amide bonds. The third kappa shape index (κ3) is 5.48. The lowest BCUT2D eigenvalue weighted by Gasteiger charge is -2.33. The number of carbonyl (C=O) groups is 1. The lowest BCUT2D eigenvalue weighted by Crippen LogP contribution is -2.48. The molecule has 0 aromatic heterocycles. The Labute approximate surface area is 116 Å². The Bertz CT molecular complexity index is 301. The van der Waals surface area contributed by atoms with Crippen molar-refractivity contribution in [3.8, 4) is 0 Å². The van der Waals surface area contributed by atoms with Crippen molar-refractivity contribution in [2.45, 2.75) is 20.3 Å². The summed E-state index contributed by atoms with van der Waals surface area (Å²) in [6.07, 6.45) is 2.72. The number of allylic oxidation sites excluding steroid dienone is 1. The fourth-order valence-corrected chi connectivity index (χ4v) is 1.96. The van der Waals surface area contributed by atoms with Crippen molar-refractivity contribution in [3.63, 3.8) is 0 Å². The second-order valence-corrected chi connectivity index (χ2v) is 5.09. The van der Waals surface area contributed by atoms with Crippen molar-refractivity contribution in [2.75, 3.05) is 34.7 Å². The summed E-state index contributed by atoms with van der Waals surface area (Å²) in [7, 11) is 7.35. The first-order valence-electron chi connectivity index (χ1n) is 6.59. The Balaban J connectivity index is 4.97. The number of hydrogen-bond donors (Lipinski definition) is 5. The minimum absolute atomic E-state index is 0.00448. The van der Waals surface area contributed by atoms with E-state index in [0.29, 0.717) is 0 Å². The lowest BCUT2D eigenvalue weighted by molar-refractivity contribution is -0.133. The summed E-state index contributed by atoms with van der Waals surface area (Å²) >= 11 is 0. The summed E-state index contributed by atoms with van der Waals surface area (Å²) in [5.74, 6) is 0.174. The molecule has 0 saturated carbocycles. The van der Waals surface area contributed by atoms with Crippen LogP contribution in [-0.2, 0) is 4.79 Å². The molecule has 0 aromatic rings. The molecule has 0 fully saturated rings. The molecular weight excluding hydrogens is 242 g/mol. The van der Waals surface area contributed by atoms with E-state index in [1.54, 1.807) is 7.05 Å². The average Bonchev–Trinajstić information content (AvgIpc) is 2.37. The Morgan fingerprint density at radius 1 is 1.21 bits per heavy atom. The van der Waals surface area contributed by atoms with Crippen LogP contribution in [0, 0.1) is 11.3 Å². The van der Waals surface area contributed by atoms with E-state index in [4.69, 9.17) is 0 Å². The predicted molar refractivity (Wildman–Crippen MR) is 79.2 cm³/mol. The summed E-state index contributed by atoms with van der Waals surface area (Å²) in [5.41, 5.74) is 5.98. The summed E-state index contributed by atoms with van der Waals surface area (Å²) in [6.45, 7) is 4.70. The molecule has 5 N–H and O–H groups in total. The second kappa shape index (κ2) is 8.77. The van der Waals surface area contributed by atoms with Crippen molar-refractivity contribution in [2.24, 2.45) is 11.3 Å². The molecule has 0 aliphatic rings. The average molecular weight is 271 g/mol. The molecule has 19 heavy (non-hydrogen) atoms. The van der Waals surface area contributed by atoms with Gasteiger partial charge in [0, 0.05) is 38.5 Å². The van der Waals surface area contributed by atoms with Gasteiger partial charge in [-0.15, -0.1) is 0 Å². The Morgan fingerprint density at radius 3 is 2.26 bits per heavy atom. The van der Waals surface area contributed by atoms with Gasteiger partial charge in [0.15, 0.2) is 0 Å². The van der Waals surface area contributed by atoms with Crippen LogP contribution in [-0.4, -0.2) is 40.6 Å². The van der Waals surface area contributed by atoms with E-state index >= 15 is 0 Å². The Morgan fingerprint density at radius 2 is 1.84 bits per heavy atom. The first-order chi connectivity index (χ1) is 8.93. The number of amides is 1. The van der Waals surface area contributed by atoms with Gasteiger partial charge >= 0.3 is 0 Å². The van der Waals surface area contributed by atoms with Crippen LogP contribution in [0.1, 0.15) is 20.3 Å². The van der Waals surface area contributed by atoms with Crippen LogP contribution < -0.4 is 26.8 Å². The highest BCUT2D eigenvalue weighted by molar-refractivity contribution is 5.81. The van der Waals surface area contributed by atoms with Gasteiger partial charge in [0.05, 0.1) is 0 Å². The van der Waals surface area contributed by atoms with Crippen molar-refractivity contribution in [1.82, 2.24) is 26.8 Å². The van der Waals surface area contributed by atoms with E-state index in [2.05, 4.69) is 26.8 Å². The number of carbonyl (C=O) groups excluding carboxylic acids is 1. The molecule has 0 rings (SSSR count). The molecule has 0 radical (unpaired) electrons. The maximum atomic E-state index is 12.2. The monoisotopic (exact) mass is 271 g/mol. The van der Waals surface area contributed by atoms with Gasteiger partial charge in [0.1, 0.15) is 0 Å². The zero-order chi connectivity index (χ0) is 14.9. The van der Waals surface area contributed by atoms with Gasteiger partial charge in [-0.3, -0.25) is 10.2 Å². The smallest absolute Gasteiger partial charge is 0.240 e. The maximum Gasteiger partial charge on any atom is 0.240 e. The maximum absolute atomic E-state index is 12.2. The first-order valence-corrected chi connectivity index (χ1v) is 6.59. The van der Waals surface area contributed by atoms with E-state index in [1.165, 1.54) is 0 Å². The Kier molecular flexibility index (Phi) is 8.18. The number of rotatable bonds is 9. The fraction of sp³-hybridized carbons (Fsp3) is 0.769. The zero-order valence-corrected chi connectivity index (χ0v) is 13.0. The van der Waals surface area contributed by atoms with E-state index in [1.807, 2.05) is 41.2 Å². The first kappa shape index (κ1) is 17.7. The highest BCUT2D eigenvalue weighted by Crippen LogP contribution is 2.31. The van der Waals surface area contributed by atoms with Gasteiger partial charge in [0.25, 0.3) is 0 Å². The minimum Gasteiger partial charge on any atom is -0.393 e. The molecule has 6 nitrogen and oxygen atoms in total. The normalized spacial score (nSPS) is 13.9. The highest BCUT2D eigenvalue weighted by atomic mass is 16.2. The van der Waals surface area contributed by atoms with Gasteiger partial charge in [-0.25, -0.2) is 5.43 Å². The van der Waals surface area contributed by atoms with Crippen molar-refractivity contribution in [3.05, 3.63) is 11.9 Å². The molecule has 0 aliphatic heterocycles. The molecule has 0 spiro atoms. The van der Waals surface area contributed by atoms with Crippen molar-refractivity contribution >= 4 is 5.91 Å². The van der Waals surface area contributed by atoms with E-state index < -0.39 is 5.41 Å². The van der Waals surface area contributed by atoms with E-state index in [0.717, 1.165) is 18.7 Å². The van der Waals surface area contributed by atoms with Crippen LogP contribution >= 0.6 is 0 Å². The van der Waals surface area contributed by atoms with E-state index in [9.17, 15) is 4.79 Å². The van der Waals surface area contributed by atoms with Gasteiger partial charge in [-0.05, 0) is 25.9 Å². The van der Waals surface area contributed by atoms with Gasteiger partial charge < -0.3 is 16.0 Å². The second-order valence-electron chi connectivity index (χ2n) is 5.09. The SMILES string of the molecule is CN/C=C(\CC(CNC)C(C)(C)C(=O)NNC)NC. The summed E-state index contributed by atoms with van der Waals surface area (Å²) in [5, 5.41) is 9.34. The molecule has 6 heteroatoms. The summed E-state index contributed by atoms with van der Waals surface area (Å²) < 4.78 is 0. The third-order valence-electron chi connectivity index (χ3n) is 3.40. The van der Waals surface area contributed by atoms with Gasteiger partial charge in [-0.1, -0.05) is 13.8 Å².